The summed E-state index contributed by atoms with van der Waals surface area (Å²) in [5.41, 5.74) is -0.312. The minimum atomic E-state index is -3.21. The lowest BCUT2D eigenvalue weighted by molar-refractivity contribution is -0.128. The van der Waals surface area contributed by atoms with Gasteiger partial charge < -0.3 is 0 Å². The maximum atomic E-state index is 11.9. The standard InChI is InChI=1S/C10H16O3S/c1-7-4-10(3)8(11)5-9(7,2)6-14(10,12)13/h7H,4-6H2,1-3H3. The Kier molecular flexibility index (Phi) is 1.74. The Morgan fingerprint density at radius 1 is 1.36 bits per heavy atom. The van der Waals surface area contributed by atoms with Crippen molar-refractivity contribution in [3.8, 4) is 0 Å². The van der Waals surface area contributed by atoms with Crippen molar-refractivity contribution in [1.29, 1.82) is 0 Å². The lowest BCUT2D eigenvalue weighted by atomic mass is 9.65. The number of sulfone groups is 1. The van der Waals surface area contributed by atoms with Gasteiger partial charge in [-0.1, -0.05) is 13.8 Å². The van der Waals surface area contributed by atoms with E-state index in [0.717, 1.165) is 0 Å². The summed E-state index contributed by atoms with van der Waals surface area (Å²) >= 11 is 0. The molecule has 0 aromatic carbocycles. The van der Waals surface area contributed by atoms with Gasteiger partial charge in [0.2, 0.25) is 0 Å². The summed E-state index contributed by atoms with van der Waals surface area (Å²) in [6.07, 6.45) is 0.939. The van der Waals surface area contributed by atoms with Gasteiger partial charge in [-0.25, -0.2) is 8.42 Å². The van der Waals surface area contributed by atoms with Crippen LogP contribution in [-0.2, 0) is 14.6 Å². The van der Waals surface area contributed by atoms with Crippen LogP contribution in [0.2, 0.25) is 0 Å². The van der Waals surface area contributed by atoms with Gasteiger partial charge in [-0.15, -0.1) is 0 Å². The summed E-state index contributed by atoms with van der Waals surface area (Å²) in [5.74, 6) is 0.432. The van der Waals surface area contributed by atoms with E-state index in [4.69, 9.17) is 0 Å². The maximum Gasteiger partial charge on any atom is 0.163 e. The van der Waals surface area contributed by atoms with Crippen molar-refractivity contribution in [2.75, 3.05) is 5.75 Å². The molecule has 3 fully saturated rings. The number of carbonyl (C=O) groups is 1. The highest BCUT2D eigenvalue weighted by atomic mass is 32.2. The average molecular weight is 216 g/mol. The van der Waals surface area contributed by atoms with Crippen LogP contribution in [0.4, 0.5) is 0 Å². The lowest BCUT2D eigenvalue weighted by Crippen LogP contribution is -2.62. The molecule has 1 saturated carbocycles. The van der Waals surface area contributed by atoms with Crippen LogP contribution >= 0.6 is 0 Å². The number of hydrogen-bond donors (Lipinski definition) is 0. The fourth-order valence-electron chi connectivity index (χ4n) is 2.76. The van der Waals surface area contributed by atoms with E-state index < -0.39 is 14.6 Å². The Morgan fingerprint density at radius 2 is 1.93 bits per heavy atom. The molecule has 14 heavy (non-hydrogen) atoms. The van der Waals surface area contributed by atoms with Crippen molar-refractivity contribution in [3.63, 3.8) is 0 Å². The second-order valence-electron chi connectivity index (χ2n) is 5.35. The zero-order valence-electron chi connectivity index (χ0n) is 8.83. The molecule has 3 nitrogen and oxygen atoms in total. The van der Waals surface area contributed by atoms with Gasteiger partial charge in [0.1, 0.15) is 4.75 Å². The second kappa shape index (κ2) is 2.40. The van der Waals surface area contributed by atoms with Crippen LogP contribution in [0.1, 0.15) is 33.6 Å². The third-order valence-corrected chi connectivity index (χ3v) is 7.05. The zero-order valence-corrected chi connectivity index (χ0v) is 9.65. The van der Waals surface area contributed by atoms with Gasteiger partial charge in [0, 0.05) is 6.42 Å². The Balaban J connectivity index is 2.59. The predicted octanol–water partition coefficient (Wildman–Crippen LogP) is 1.18. The molecule has 3 unspecified atom stereocenters. The summed E-state index contributed by atoms with van der Waals surface area (Å²) in [6, 6.07) is 0. The normalized spacial score (nSPS) is 50.8. The monoisotopic (exact) mass is 216 g/mol. The quantitative estimate of drug-likeness (QED) is 0.611. The number of carbonyl (C=O) groups excluding carboxylic acids is 1. The molecule has 0 aromatic rings. The topological polar surface area (TPSA) is 51.2 Å². The summed E-state index contributed by atoms with van der Waals surface area (Å²) in [4.78, 5) is 11.8. The molecule has 4 heteroatoms. The van der Waals surface area contributed by atoms with Gasteiger partial charge in [0.05, 0.1) is 5.75 Å². The summed E-state index contributed by atoms with van der Waals surface area (Å²) in [5, 5.41) is 0. The van der Waals surface area contributed by atoms with Crippen molar-refractivity contribution in [2.24, 2.45) is 11.3 Å². The molecule has 0 radical (unpaired) electrons. The number of hydrogen-bond acceptors (Lipinski definition) is 3. The van der Waals surface area contributed by atoms with E-state index in [1.165, 1.54) is 0 Å². The first-order valence-electron chi connectivity index (χ1n) is 4.97. The molecule has 0 N–H and O–H groups in total. The van der Waals surface area contributed by atoms with Crippen molar-refractivity contribution >= 4 is 15.6 Å². The summed E-state index contributed by atoms with van der Waals surface area (Å²) in [6.45, 7) is 5.57. The molecule has 0 aromatic heterocycles. The minimum absolute atomic E-state index is 0.0793. The Hall–Kier alpha value is -0.380. The van der Waals surface area contributed by atoms with E-state index in [0.29, 0.717) is 18.8 Å². The molecule has 0 spiro atoms. The molecule has 1 aliphatic carbocycles. The molecule has 2 saturated heterocycles. The van der Waals surface area contributed by atoms with Crippen LogP contribution in [0.3, 0.4) is 0 Å². The van der Waals surface area contributed by atoms with Crippen LogP contribution in [0.25, 0.3) is 0 Å². The number of Topliss-reactive ketones (excluding diaryl/α,β-unsaturated/α-hetero) is 1. The van der Waals surface area contributed by atoms with E-state index in [1.807, 2.05) is 6.92 Å². The van der Waals surface area contributed by atoms with Crippen molar-refractivity contribution in [3.05, 3.63) is 0 Å². The largest absolute Gasteiger partial charge is 0.298 e. The maximum absolute atomic E-state index is 11.9. The lowest BCUT2D eigenvalue weighted by Gasteiger charge is -2.52. The molecule has 3 aliphatic rings. The predicted molar refractivity (Wildman–Crippen MR) is 53.7 cm³/mol. The van der Waals surface area contributed by atoms with Gasteiger partial charge in [-0.05, 0) is 24.7 Å². The van der Waals surface area contributed by atoms with Gasteiger partial charge >= 0.3 is 0 Å². The van der Waals surface area contributed by atoms with Gasteiger partial charge in [0.25, 0.3) is 0 Å². The average Bonchev–Trinajstić information content (AvgIpc) is 1.97. The smallest absolute Gasteiger partial charge is 0.163 e. The van der Waals surface area contributed by atoms with Crippen LogP contribution in [0.5, 0.6) is 0 Å². The van der Waals surface area contributed by atoms with E-state index in [2.05, 4.69) is 6.92 Å². The summed E-state index contributed by atoms with van der Waals surface area (Å²) in [7, 11) is -3.21. The molecule has 80 valence electrons. The van der Waals surface area contributed by atoms with Crippen molar-refractivity contribution in [2.45, 2.75) is 38.4 Å². The highest BCUT2D eigenvalue weighted by Gasteiger charge is 2.61. The van der Waals surface area contributed by atoms with Crippen LogP contribution < -0.4 is 0 Å². The molecular formula is C10H16O3S. The number of rotatable bonds is 0. The first kappa shape index (κ1) is 10.1. The Morgan fingerprint density at radius 3 is 2.43 bits per heavy atom. The second-order valence-corrected chi connectivity index (χ2v) is 7.77. The van der Waals surface area contributed by atoms with E-state index >= 15 is 0 Å². The van der Waals surface area contributed by atoms with Crippen molar-refractivity contribution in [1.82, 2.24) is 0 Å². The molecule has 2 aliphatic heterocycles. The first-order valence-corrected chi connectivity index (χ1v) is 6.62. The fourth-order valence-corrected chi connectivity index (χ4v) is 5.26. The van der Waals surface area contributed by atoms with Crippen LogP contribution in [0.15, 0.2) is 0 Å². The first-order chi connectivity index (χ1) is 6.21. The zero-order chi connectivity index (χ0) is 10.8. The molecule has 3 rings (SSSR count). The fraction of sp³-hybridized carbons (Fsp3) is 0.900. The van der Waals surface area contributed by atoms with Gasteiger partial charge in [-0.3, -0.25) is 4.79 Å². The molecule has 2 bridgehead atoms. The van der Waals surface area contributed by atoms with E-state index in [9.17, 15) is 13.2 Å². The highest BCUT2D eigenvalue weighted by molar-refractivity contribution is 7.93. The molecule has 3 atom stereocenters. The summed E-state index contributed by atoms with van der Waals surface area (Å²) < 4.78 is 22.7. The van der Waals surface area contributed by atoms with E-state index in [-0.39, 0.29) is 17.0 Å². The SMILES string of the molecule is CC1CC2(C)C(=O)CC1(C)CS2(=O)=O. The van der Waals surface area contributed by atoms with Crippen LogP contribution in [-0.4, -0.2) is 24.7 Å². The van der Waals surface area contributed by atoms with Crippen LogP contribution in [0, 0.1) is 11.3 Å². The van der Waals surface area contributed by atoms with E-state index in [1.54, 1.807) is 6.92 Å². The third-order valence-electron chi connectivity index (χ3n) is 4.25. The van der Waals surface area contributed by atoms with Gasteiger partial charge in [0.15, 0.2) is 15.6 Å². The van der Waals surface area contributed by atoms with Crippen molar-refractivity contribution < 1.29 is 13.2 Å². The third kappa shape index (κ3) is 0.977. The number of fused-ring (bicyclic) bond motifs is 3. The molecule has 2 heterocycles. The van der Waals surface area contributed by atoms with Gasteiger partial charge in [-0.2, -0.15) is 0 Å². The molecular weight excluding hydrogens is 200 g/mol. The Bertz CT molecular complexity index is 398. The highest BCUT2D eigenvalue weighted by Crippen LogP contribution is 2.52. The number of ketones is 1. The minimum Gasteiger partial charge on any atom is -0.298 e. The molecule has 0 amide bonds. The Labute approximate surface area is 84.8 Å².